The first-order valence-electron chi connectivity index (χ1n) is 6.74. The molecule has 0 saturated heterocycles. The van der Waals surface area contributed by atoms with Gasteiger partial charge in [-0.25, -0.2) is 0 Å². The Balaban J connectivity index is 1.93. The highest BCUT2D eigenvalue weighted by Crippen LogP contribution is 2.29. The van der Waals surface area contributed by atoms with Crippen molar-refractivity contribution >= 4 is 11.6 Å². The van der Waals surface area contributed by atoms with Crippen molar-refractivity contribution in [2.24, 2.45) is 0 Å². The second-order valence-corrected chi connectivity index (χ2v) is 5.32. The highest BCUT2D eigenvalue weighted by Gasteiger charge is 2.33. The Bertz CT molecular complexity index is 422. The molecule has 3 nitrogen and oxygen atoms in total. The molecular weight excluding hydrogens is 224 g/mol. The number of benzene rings is 1. The normalized spacial score (nSPS) is 14.8. The maximum atomic E-state index is 12.2. The summed E-state index contributed by atoms with van der Waals surface area (Å²) in [6.07, 6.45) is 3.62. The lowest BCUT2D eigenvalue weighted by Crippen LogP contribution is -2.38. The number of hydrogen-bond acceptors (Lipinski definition) is 2. The largest absolute Gasteiger partial charge is 0.399 e. The van der Waals surface area contributed by atoms with E-state index in [2.05, 4.69) is 13.8 Å². The molecule has 1 aromatic carbocycles. The molecule has 1 aliphatic rings. The topological polar surface area (TPSA) is 46.3 Å². The van der Waals surface area contributed by atoms with E-state index in [1.54, 1.807) is 0 Å². The first-order valence-corrected chi connectivity index (χ1v) is 6.74. The Morgan fingerprint density at radius 2 is 2.06 bits per heavy atom. The van der Waals surface area contributed by atoms with Crippen molar-refractivity contribution in [1.29, 1.82) is 0 Å². The highest BCUT2D eigenvalue weighted by molar-refractivity contribution is 5.77. The van der Waals surface area contributed by atoms with Gasteiger partial charge in [0, 0.05) is 24.2 Å². The summed E-state index contributed by atoms with van der Waals surface area (Å²) >= 11 is 0. The van der Waals surface area contributed by atoms with Crippen LogP contribution in [0.1, 0.15) is 38.7 Å². The summed E-state index contributed by atoms with van der Waals surface area (Å²) in [5, 5.41) is 0. The van der Waals surface area contributed by atoms with E-state index in [4.69, 9.17) is 5.73 Å². The number of para-hydroxylation sites is 1. The van der Waals surface area contributed by atoms with Gasteiger partial charge in [0.1, 0.15) is 0 Å². The average molecular weight is 246 g/mol. The number of aryl methyl sites for hydroxylation is 1. The monoisotopic (exact) mass is 246 g/mol. The number of nitrogens with two attached hydrogens (primary N) is 1. The van der Waals surface area contributed by atoms with Gasteiger partial charge in [-0.1, -0.05) is 18.2 Å². The molecule has 0 unspecified atom stereocenters. The predicted octanol–water partition coefficient (Wildman–Crippen LogP) is 2.60. The molecule has 0 aromatic heterocycles. The van der Waals surface area contributed by atoms with Crippen LogP contribution in [0.3, 0.4) is 0 Å². The van der Waals surface area contributed by atoms with Gasteiger partial charge in [0.2, 0.25) is 5.91 Å². The third-order valence-corrected chi connectivity index (χ3v) is 3.45. The lowest BCUT2D eigenvalue weighted by atomic mass is 10.1. The summed E-state index contributed by atoms with van der Waals surface area (Å²) in [6, 6.07) is 8.58. The van der Waals surface area contributed by atoms with Crippen LogP contribution in [0.2, 0.25) is 0 Å². The molecule has 0 radical (unpaired) electrons. The Kier molecular flexibility index (Phi) is 3.90. The molecule has 98 valence electrons. The van der Waals surface area contributed by atoms with Gasteiger partial charge in [-0.15, -0.1) is 0 Å². The molecule has 0 bridgehead atoms. The van der Waals surface area contributed by atoms with Crippen LogP contribution in [0, 0.1) is 0 Å². The van der Waals surface area contributed by atoms with E-state index in [9.17, 15) is 4.79 Å². The summed E-state index contributed by atoms with van der Waals surface area (Å²) in [7, 11) is 0. The summed E-state index contributed by atoms with van der Waals surface area (Å²) in [6.45, 7) is 4.18. The zero-order valence-electron chi connectivity index (χ0n) is 11.2. The quantitative estimate of drug-likeness (QED) is 0.812. The zero-order chi connectivity index (χ0) is 13.1. The second kappa shape index (κ2) is 5.42. The van der Waals surface area contributed by atoms with Crippen LogP contribution in [0.5, 0.6) is 0 Å². The number of rotatable bonds is 5. The van der Waals surface area contributed by atoms with Crippen molar-refractivity contribution in [2.45, 2.75) is 51.6 Å². The first-order chi connectivity index (χ1) is 8.59. The number of nitrogen functional groups attached to an aromatic ring is 1. The number of carbonyl (C=O) groups is 1. The van der Waals surface area contributed by atoms with Crippen molar-refractivity contribution in [1.82, 2.24) is 4.90 Å². The minimum Gasteiger partial charge on any atom is -0.399 e. The van der Waals surface area contributed by atoms with E-state index in [0.29, 0.717) is 18.5 Å². The fourth-order valence-electron chi connectivity index (χ4n) is 2.40. The Hall–Kier alpha value is -1.51. The Labute approximate surface area is 109 Å². The summed E-state index contributed by atoms with van der Waals surface area (Å²) in [4.78, 5) is 14.3. The number of anilines is 1. The zero-order valence-corrected chi connectivity index (χ0v) is 11.2. The maximum absolute atomic E-state index is 12.2. The van der Waals surface area contributed by atoms with Gasteiger partial charge >= 0.3 is 0 Å². The number of nitrogens with zero attached hydrogens (tertiary/aromatic N) is 1. The molecule has 1 saturated carbocycles. The van der Waals surface area contributed by atoms with E-state index in [0.717, 1.165) is 30.5 Å². The van der Waals surface area contributed by atoms with Crippen LogP contribution in [0.15, 0.2) is 24.3 Å². The fourth-order valence-corrected chi connectivity index (χ4v) is 2.40. The third-order valence-electron chi connectivity index (χ3n) is 3.45. The van der Waals surface area contributed by atoms with Crippen molar-refractivity contribution in [3.63, 3.8) is 0 Å². The van der Waals surface area contributed by atoms with Crippen LogP contribution < -0.4 is 5.73 Å². The molecule has 0 spiro atoms. The SMILES string of the molecule is CC(C)N(C(=O)CCc1ccccc1N)C1CC1. The van der Waals surface area contributed by atoms with Crippen LogP contribution >= 0.6 is 0 Å². The smallest absolute Gasteiger partial charge is 0.223 e. The summed E-state index contributed by atoms with van der Waals surface area (Å²) in [5.41, 5.74) is 7.75. The Morgan fingerprint density at radius 3 is 2.61 bits per heavy atom. The molecule has 2 N–H and O–H groups in total. The number of carbonyl (C=O) groups excluding carboxylic acids is 1. The molecule has 1 aromatic rings. The number of amides is 1. The van der Waals surface area contributed by atoms with E-state index in [1.807, 2.05) is 29.2 Å². The van der Waals surface area contributed by atoms with E-state index >= 15 is 0 Å². The van der Waals surface area contributed by atoms with E-state index in [-0.39, 0.29) is 5.91 Å². The average Bonchev–Trinajstić information content (AvgIpc) is 3.12. The van der Waals surface area contributed by atoms with Crippen molar-refractivity contribution < 1.29 is 4.79 Å². The van der Waals surface area contributed by atoms with Gasteiger partial charge in [0.05, 0.1) is 0 Å². The molecule has 1 aliphatic carbocycles. The second-order valence-electron chi connectivity index (χ2n) is 5.32. The van der Waals surface area contributed by atoms with Crippen molar-refractivity contribution in [3.05, 3.63) is 29.8 Å². The van der Waals surface area contributed by atoms with E-state index < -0.39 is 0 Å². The van der Waals surface area contributed by atoms with Gasteiger partial charge < -0.3 is 10.6 Å². The van der Waals surface area contributed by atoms with Gasteiger partial charge in [0.15, 0.2) is 0 Å². The first kappa shape index (κ1) is 12.9. The van der Waals surface area contributed by atoms with Gasteiger partial charge in [-0.3, -0.25) is 4.79 Å². The summed E-state index contributed by atoms with van der Waals surface area (Å²) in [5.74, 6) is 0.260. The molecule has 1 fully saturated rings. The fraction of sp³-hybridized carbons (Fsp3) is 0.533. The predicted molar refractivity (Wildman–Crippen MR) is 74.2 cm³/mol. The van der Waals surface area contributed by atoms with Crippen LogP contribution in [0.4, 0.5) is 5.69 Å². The highest BCUT2D eigenvalue weighted by atomic mass is 16.2. The minimum atomic E-state index is 0.260. The molecule has 0 aliphatic heterocycles. The van der Waals surface area contributed by atoms with Crippen LogP contribution in [-0.4, -0.2) is 22.9 Å². The number of hydrogen-bond donors (Lipinski definition) is 1. The molecule has 2 rings (SSSR count). The maximum Gasteiger partial charge on any atom is 0.223 e. The van der Waals surface area contributed by atoms with Crippen LogP contribution in [0.25, 0.3) is 0 Å². The molecule has 3 heteroatoms. The molecule has 0 heterocycles. The van der Waals surface area contributed by atoms with Crippen molar-refractivity contribution in [3.8, 4) is 0 Å². The molecule has 0 atom stereocenters. The molecular formula is C15H22N2O. The molecule has 1 amide bonds. The third kappa shape index (κ3) is 3.03. The lowest BCUT2D eigenvalue weighted by molar-refractivity contribution is -0.133. The van der Waals surface area contributed by atoms with Crippen molar-refractivity contribution in [2.75, 3.05) is 5.73 Å². The minimum absolute atomic E-state index is 0.260. The molecule has 18 heavy (non-hydrogen) atoms. The Morgan fingerprint density at radius 1 is 1.39 bits per heavy atom. The van der Waals surface area contributed by atoms with Gasteiger partial charge in [-0.05, 0) is 44.7 Å². The van der Waals surface area contributed by atoms with E-state index in [1.165, 1.54) is 0 Å². The van der Waals surface area contributed by atoms with Gasteiger partial charge in [-0.2, -0.15) is 0 Å². The van der Waals surface area contributed by atoms with Crippen LogP contribution in [-0.2, 0) is 11.2 Å². The summed E-state index contributed by atoms with van der Waals surface area (Å²) < 4.78 is 0. The van der Waals surface area contributed by atoms with Gasteiger partial charge in [0.25, 0.3) is 0 Å². The standard InChI is InChI=1S/C15H22N2O/c1-11(2)17(13-8-9-13)15(18)10-7-12-5-3-4-6-14(12)16/h3-6,11,13H,7-10,16H2,1-2H3. The lowest BCUT2D eigenvalue weighted by Gasteiger charge is -2.26.